The molecule has 2 rings (SSSR count). The molecule has 0 bridgehead atoms. The molecule has 0 fully saturated rings. The van der Waals surface area contributed by atoms with E-state index in [1.165, 1.54) is 13.8 Å². The largest absolute Gasteiger partial charge is 0.451 e. The van der Waals surface area contributed by atoms with Crippen LogP contribution in [0.3, 0.4) is 0 Å². The minimum atomic E-state index is -1.05. The summed E-state index contributed by atoms with van der Waals surface area (Å²) < 4.78 is 5.02. The molecule has 1 atom stereocenters. The quantitative estimate of drug-likeness (QED) is 0.633. The molecule has 0 unspecified atom stereocenters. The van der Waals surface area contributed by atoms with Gasteiger partial charge < -0.3 is 20.7 Å². The molecule has 0 saturated heterocycles. The van der Waals surface area contributed by atoms with Crippen LogP contribution in [-0.2, 0) is 19.1 Å². The van der Waals surface area contributed by atoms with Gasteiger partial charge in [0.1, 0.15) is 6.54 Å². The maximum Gasteiger partial charge on any atom is 0.326 e. The Kier molecular flexibility index (Phi) is 7.27. The first kappa shape index (κ1) is 20.6. The molecule has 0 saturated carbocycles. The summed E-state index contributed by atoms with van der Waals surface area (Å²) >= 11 is 0. The number of carbonyl (C=O) groups excluding carboxylic acids is 4. The van der Waals surface area contributed by atoms with Crippen LogP contribution in [-0.4, -0.2) is 36.3 Å². The van der Waals surface area contributed by atoms with Crippen LogP contribution in [0.25, 0.3) is 0 Å². The Morgan fingerprint density at radius 3 is 2.04 bits per heavy atom. The van der Waals surface area contributed by atoms with E-state index in [1.54, 1.807) is 54.6 Å². The topological polar surface area (TPSA) is 114 Å². The van der Waals surface area contributed by atoms with Crippen LogP contribution < -0.4 is 16.0 Å². The van der Waals surface area contributed by atoms with Crippen LogP contribution >= 0.6 is 0 Å². The van der Waals surface area contributed by atoms with Crippen LogP contribution in [0.4, 0.5) is 11.4 Å². The lowest BCUT2D eigenvalue weighted by atomic mass is 10.2. The van der Waals surface area contributed by atoms with Crippen molar-refractivity contribution in [2.24, 2.45) is 0 Å². The minimum absolute atomic E-state index is 0.198. The number of ether oxygens (including phenoxy) is 1. The second kappa shape index (κ2) is 9.86. The highest BCUT2D eigenvalue weighted by Gasteiger charge is 2.18. The zero-order valence-corrected chi connectivity index (χ0v) is 15.5. The summed E-state index contributed by atoms with van der Waals surface area (Å²) in [5.74, 6) is -1.85. The van der Waals surface area contributed by atoms with Gasteiger partial charge in [-0.2, -0.15) is 0 Å². The third-order valence-electron chi connectivity index (χ3n) is 3.58. The molecule has 2 aromatic rings. The highest BCUT2D eigenvalue weighted by Crippen LogP contribution is 2.14. The molecule has 0 aliphatic rings. The molecule has 8 heteroatoms. The monoisotopic (exact) mass is 383 g/mol. The number of nitrogens with one attached hydrogen (secondary N) is 3. The third-order valence-corrected chi connectivity index (χ3v) is 3.58. The van der Waals surface area contributed by atoms with E-state index in [2.05, 4.69) is 16.0 Å². The fourth-order valence-electron chi connectivity index (χ4n) is 2.22. The van der Waals surface area contributed by atoms with Gasteiger partial charge in [0.2, 0.25) is 5.91 Å². The fourth-order valence-corrected chi connectivity index (χ4v) is 2.22. The summed E-state index contributed by atoms with van der Waals surface area (Å²) in [5, 5.41) is 7.65. The number of amides is 3. The predicted molar refractivity (Wildman–Crippen MR) is 104 cm³/mol. The van der Waals surface area contributed by atoms with E-state index < -0.39 is 23.9 Å². The van der Waals surface area contributed by atoms with Gasteiger partial charge in [0.15, 0.2) is 6.10 Å². The van der Waals surface area contributed by atoms with Gasteiger partial charge in [0.05, 0.1) is 0 Å². The molecule has 0 heterocycles. The average molecular weight is 383 g/mol. The Morgan fingerprint density at radius 1 is 0.893 bits per heavy atom. The summed E-state index contributed by atoms with van der Waals surface area (Å²) in [7, 11) is 0. The summed E-state index contributed by atoms with van der Waals surface area (Å²) in [6, 6.07) is 14.9. The van der Waals surface area contributed by atoms with Crippen LogP contribution in [0.15, 0.2) is 54.6 Å². The summed E-state index contributed by atoms with van der Waals surface area (Å²) in [6.07, 6.45) is -1.05. The number of hydrogen-bond donors (Lipinski definition) is 3. The zero-order valence-electron chi connectivity index (χ0n) is 15.5. The van der Waals surface area contributed by atoms with Gasteiger partial charge >= 0.3 is 5.97 Å². The van der Waals surface area contributed by atoms with E-state index in [4.69, 9.17) is 4.74 Å². The van der Waals surface area contributed by atoms with Crippen molar-refractivity contribution in [2.45, 2.75) is 20.0 Å². The van der Waals surface area contributed by atoms with E-state index in [0.29, 0.717) is 16.9 Å². The molecular weight excluding hydrogens is 362 g/mol. The SMILES string of the molecule is CC(=O)Nc1ccc(NC(=O)[C@H](C)OC(=O)CNC(=O)c2ccccc2)cc1. The summed E-state index contributed by atoms with van der Waals surface area (Å²) in [5.41, 5.74) is 1.50. The van der Waals surface area contributed by atoms with E-state index in [-0.39, 0.29) is 12.5 Å². The fraction of sp³-hybridized carbons (Fsp3) is 0.200. The Bertz CT molecular complexity index is 850. The molecule has 146 valence electrons. The average Bonchev–Trinajstić information content (AvgIpc) is 2.67. The Morgan fingerprint density at radius 2 is 1.46 bits per heavy atom. The van der Waals surface area contributed by atoms with E-state index in [1.807, 2.05) is 0 Å². The smallest absolute Gasteiger partial charge is 0.326 e. The number of carbonyl (C=O) groups is 4. The maximum atomic E-state index is 12.1. The standard InChI is InChI=1S/C20H21N3O5/c1-13(19(26)23-17-10-8-16(9-11-17)22-14(2)24)28-18(25)12-21-20(27)15-6-4-3-5-7-15/h3-11,13H,12H2,1-2H3,(H,21,27)(H,22,24)(H,23,26)/t13-/m0/s1. The molecule has 28 heavy (non-hydrogen) atoms. The van der Waals surface area contributed by atoms with Gasteiger partial charge in [0, 0.05) is 23.9 Å². The highest BCUT2D eigenvalue weighted by atomic mass is 16.5. The maximum absolute atomic E-state index is 12.1. The van der Waals surface area contributed by atoms with Crippen LogP contribution in [0.2, 0.25) is 0 Å². The summed E-state index contributed by atoms with van der Waals surface area (Å²) in [6.45, 7) is 2.47. The third kappa shape index (κ3) is 6.56. The Hall–Kier alpha value is -3.68. The predicted octanol–water partition coefficient (Wildman–Crippen LogP) is 1.95. The lowest BCUT2D eigenvalue weighted by molar-refractivity contribution is -0.152. The zero-order chi connectivity index (χ0) is 20.5. The number of esters is 1. The minimum Gasteiger partial charge on any atom is -0.451 e. The van der Waals surface area contributed by atoms with Crippen molar-refractivity contribution >= 4 is 35.1 Å². The van der Waals surface area contributed by atoms with Crippen LogP contribution in [0.1, 0.15) is 24.2 Å². The molecule has 3 N–H and O–H groups in total. The van der Waals surface area contributed by atoms with Crippen molar-refractivity contribution in [3.05, 3.63) is 60.2 Å². The first-order valence-corrected chi connectivity index (χ1v) is 8.56. The van der Waals surface area contributed by atoms with Gasteiger partial charge in [-0.05, 0) is 43.3 Å². The first-order chi connectivity index (χ1) is 13.3. The van der Waals surface area contributed by atoms with Crippen LogP contribution in [0, 0.1) is 0 Å². The molecule has 0 aliphatic carbocycles. The van der Waals surface area contributed by atoms with Crippen LogP contribution in [0.5, 0.6) is 0 Å². The van der Waals surface area contributed by atoms with Crippen molar-refractivity contribution in [1.29, 1.82) is 0 Å². The molecule has 2 aromatic carbocycles. The molecular formula is C20H21N3O5. The van der Waals surface area contributed by atoms with Gasteiger partial charge in [-0.3, -0.25) is 19.2 Å². The second-order valence-corrected chi connectivity index (χ2v) is 5.93. The Balaban J connectivity index is 1.78. The molecule has 0 spiro atoms. The second-order valence-electron chi connectivity index (χ2n) is 5.93. The molecule has 0 aromatic heterocycles. The van der Waals surface area contributed by atoms with Crippen molar-refractivity contribution < 1.29 is 23.9 Å². The lowest BCUT2D eigenvalue weighted by Crippen LogP contribution is -2.35. The summed E-state index contributed by atoms with van der Waals surface area (Å²) in [4.78, 5) is 46.8. The van der Waals surface area contributed by atoms with Gasteiger partial charge in [-0.15, -0.1) is 0 Å². The number of anilines is 2. The van der Waals surface area contributed by atoms with Gasteiger partial charge in [0.25, 0.3) is 11.8 Å². The normalized spacial score (nSPS) is 11.1. The van der Waals surface area contributed by atoms with Crippen molar-refractivity contribution in [2.75, 3.05) is 17.2 Å². The lowest BCUT2D eigenvalue weighted by Gasteiger charge is -2.14. The van der Waals surface area contributed by atoms with E-state index in [0.717, 1.165) is 0 Å². The first-order valence-electron chi connectivity index (χ1n) is 8.56. The van der Waals surface area contributed by atoms with Crippen molar-refractivity contribution in [1.82, 2.24) is 5.32 Å². The van der Waals surface area contributed by atoms with E-state index in [9.17, 15) is 19.2 Å². The Labute approximate surface area is 162 Å². The number of rotatable bonds is 7. The van der Waals surface area contributed by atoms with Gasteiger partial charge in [-0.1, -0.05) is 18.2 Å². The highest BCUT2D eigenvalue weighted by molar-refractivity contribution is 5.97. The van der Waals surface area contributed by atoms with E-state index >= 15 is 0 Å². The number of hydrogen-bond acceptors (Lipinski definition) is 5. The molecule has 0 radical (unpaired) electrons. The molecule has 8 nitrogen and oxygen atoms in total. The van der Waals surface area contributed by atoms with Gasteiger partial charge in [-0.25, -0.2) is 0 Å². The van der Waals surface area contributed by atoms with Crippen molar-refractivity contribution in [3.8, 4) is 0 Å². The number of benzene rings is 2. The molecule has 3 amide bonds. The molecule has 0 aliphatic heterocycles. The van der Waals surface area contributed by atoms with Crippen molar-refractivity contribution in [3.63, 3.8) is 0 Å².